The molecule has 2 aliphatic rings. The van der Waals surface area contributed by atoms with Gasteiger partial charge in [-0.25, -0.2) is 0 Å². The molecule has 1 N–H and O–H groups in total. The van der Waals surface area contributed by atoms with Gasteiger partial charge in [-0.3, -0.25) is 0 Å². The molecule has 3 rings (SSSR count). The number of benzene rings is 1. The number of allylic oxidation sites excluding steroid dienone is 1. The van der Waals surface area contributed by atoms with Crippen LogP contribution in [0.5, 0.6) is 5.75 Å². The molecule has 0 spiro atoms. The normalized spacial score (nSPS) is 24.3. The highest BCUT2D eigenvalue weighted by atomic mass is 16.9. The van der Waals surface area contributed by atoms with Crippen molar-refractivity contribution in [2.24, 2.45) is 0 Å². The highest BCUT2D eigenvalue weighted by Crippen LogP contribution is 2.53. The molecule has 2 atom stereocenters. The van der Waals surface area contributed by atoms with Crippen LogP contribution in [0.2, 0.25) is 0 Å². The van der Waals surface area contributed by atoms with Gasteiger partial charge < -0.3 is 14.7 Å². The number of ether oxygens (including phenoxy) is 1. The van der Waals surface area contributed by atoms with Crippen molar-refractivity contribution in [3.8, 4) is 5.75 Å². The Hall–Kier alpha value is -2.08. The van der Waals surface area contributed by atoms with Crippen LogP contribution in [-0.4, -0.2) is 28.0 Å². The number of hydrogen-bond donors (Lipinski definition) is 1. The number of hydrogen-bond acceptors (Lipinski definition) is 5. The molecule has 1 aromatic carbocycles. The highest BCUT2D eigenvalue weighted by molar-refractivity contribution is 5.48. The molecule has 166 valence electrons. The third-order valence-electron chi connectivity index (χ3n) is 6.74. The van der Waals surface area contributed by atoms with E-state index in [9.17, 15) is 15.2 Å². The third kappa shape index (κ3) is 4.97. The molecular weight excluding hydrogens is 382 g/mol. The molecule has 30 heavy (non-hydrogen) atoms. The van der Waals surface area contributed by atoms with Crippen LogP contribution in [0.1, 0.15) is 89.2 Å². The van der Waals surface area contributed by atoms with Gasteiger partial charge in [0, 0.05) is 11.5 Å². The van der Waals surface area contributed by atoms with Gasteiger partial charge >= 0.3 is 0 Å². The van der Waals surface area contributed by atoms with Gasteiger partial charge in [0.15, 0.2) is 0 Å². The van der Waals surface area contributed by atoms with Gasteiger partial charge in [0.1, 0.15) is 17.0 Å². The summed E-state index contributed by atoms with van der Waals surface area (Å²) in [5.74, 6) is 0.891. The molecule has 6 heteroatoms. The summed E-state index contributed by atoms with van der Waals surface area (Å²) in [6.45, 7) is 6.34. The quantitative estimate of drug-likeness (QED) is 0.235. The van der Waals surface area contributed by atoms with Gasteiger partial charge in [-0.2, -0.15) is 0 Å². The summed E-state index contributed by atoms with van der Waals surface area (Å²) in [7, 11) is 0. The fourth-order valence-electron chi connectivity index (χ4n) is 4.79. The first-order valence-corrected chi connectivity index (χ1v) is 11.2. The van der Waals surface area contributed by atoms with Crippen LogP contribution in [0, 0.1) is 10.1 Å². The Kier molecular flexibility index (Phi) is 7.06. The van der Waals surface area contributed by atoms with E-state index in [0.717, 1.165) is 69.1 Å². The largest absolute Gasteiger partial charge is 0.485 e. The maximum atomic E-state index is 11.4. The zero-order valence-electron chi connectivity index (χ0n) is 18.5. The van der Waals surface area contributed by atoms with Crippen LogP contribution in [0.4, 0.5) is 0 Å². The second kappa shape index (κ2) is 9.38. The monoisotopic (exact) mass is 417 g/mol. The maximum Gasteiger partial charge on any atom is 0.294 e. The molecule has 0 unspecified atom stereocenters. The minimum Gasteiger partial charge on any atom is -0.485 e. The number of unbranched alkanes of at least 4 members (excludes halogenated alkanes) is 5. The first kappa shape index (κ1) is 22.6. The van der Waals surface area contributed by atoms with E-state index >= 15 is 0 Å². The van der Waals surface area contributed by atoms with Crippen LogP contribution in [-0.2, 0) is 11.3 Å². The van der Waals surface area contributed by atoms with E-state index in [1.165, 1.54) is 11.1 Å². The van der Waals surface area contributed by atoms with Crippen molar-refractivity contribution in [2.75, 3.05) is 6.61 Å². The highest BCUT2D eigenvalue weighted by Gasteiger charge is 2.55. The van der Waals surface area contributed by atoms with Gasteiger partial charge in [-0.1, -0.05) is 49.5 Å². The number of aliphatic hydroxyl groups is 1. The number of aryl methyl sites for hydroxylation is 1. The molecule has 1 aromatic rings. The smallest absolute Gasteiger partial charge is 0.294 e. The van der Waals surface area contributed by atoms with Crippen LogP contribution in [0.15, 0.2) is 29.8 Å². The Balaban J connectivity index is 1.52. The van der Waals surface area contributed by atoms with E-state index in [2.05, 4.69) is 36.0 Å². The van der Waals surface area contributed by atoms with Gasteiger partial charge in [-0.15, -0.1) is 10.1 Å². The minimum atomic E-state index is -0.869. The Bertz CT molecular complexity index is 788. The first-order valence-electron chi connectivity index (χ1n) is 11.2. The van der Waals surface area contributed by atoms with Crippen molar-refractivity contribution in [1.29, 1.82) is 0 Å². The summed E-state index contributed by atoms with van der Waals surface area (Å²) in [4.78, 5) is 14.4. The standard InChI is InChI=1S/C24H35NO5/c1-18-13-14-24(26)21(16-18)20-12-11-19(17-22(20)30-23(24,2)3)10-8-6-4-5-7-9-15-29-25(27)28/h11-12,16-17,21,26H,4-10,13-15H2,1-3H3/t21-,24-/m1/s1. The van der Waals surface area contributed by atoms with Crippen molar-refractivity contribution < 1.29 is 19.8 Å². The topological polar surface area (TPSA) is 81.8 Å². The van der Waals surface area contributed by atoms with Gasteiger partial charge in [0.25, 0.3) is 5.09 Å². The molecule has 0 saturated heterocycles. The Morgan fingerprint density at radius 2 is 1.90 bits per heavy atom. The van der Waals surface area contributed by atoms with Crippen LogP contribution < -0.4 is 4.74 Å². The lowest BCUT2D eigenvalue weighted by Gasteiger charge is -2.52. The van der Waals surface area contributed by atoms with Crippen molar-refractivity contribution in [2.45, 2.75) is 95.7 Å². The summed E-state index contributed by atoms with van der Waals surface area (Å²) in [6.07, 6.45) is 11.0. The second-order valence-corrected chi connectivity index (χ2v) is 9.33. The molecule has 1 heterocycles. The van der Waals surface area contributed by atoms with Crippen molar-refractivity contribution in [1.82, 2.24) is 0 Å². The minimum absolute atomic E-state index is 0.0154. The number of rotatable bonds is 10. The van der Waals surface area contributed by atoms with Gasteiger partial charge in [0.2, 0.25) is 0 Å². The van der Waals surface area contributed by atoms with Gasteiger partial charge in [0.05, 0.1) is 6.61 Å². The van der Waals surface area contributed by atoms with E-state index in [1.807, 2.05) is 13.8 Å². The van der Waals surface area contributed by atoms with E-state index in [4.69, 9.17) is 4.74 Å². The van der Waals surface area contributed by atoms with Crippen LogP contribution in [0.3, 0.4) is 0 Å². The lowest BCUT2D eigenvalue weighted by molar-refractivity contribution is -0.757. The van der Waals surface area contributed by atoms with E-state index < -0.39 is 16.3 Å². The number of nitrogens with zero attached hydrogens (tertiary/aromatic N) is 1. The predicted octanol–water partition coefficient (Wildman–Crippen LogP) is 5.50. The summed E-state index contributed by atoms with van der Waals surface area (Å²) < 4.78 is 6.33. The Morgan fingerprint density at radius 3 is 2.63 bits per heavy atom. The van der Waals surface area contributed by atoms with Crippen molar-refractivity contribution in [3.05, 3.63) is 51.1 Å². The number of fused-ring (bicyclic) bond motifs is 3. The fraction of sp³-hybridized carbons (Fsp3) is 0.667. The van der Waals surface area contributed by atoms with Crippen LogP contribution >= 0.6 is 0 Å². The lowest BCUT2D eigenvalue weighted by Crippen LogP contribution is -2.60. The molecule has 1 aliphatic carbocycles. The molecule has 0 aromatic heterocycles. The summed E-state index contributed by atoms with van der Waals surface area (Å²) in [5.41, 5.74) is 2.20. The Labute approximate surface area is 179 Å². The SMILES string of the molecule is CC1=C[C@@H]2c3ccc(CCCCCCCCO[N+](=O)[O-])cc3OC(C)(C)[C@@]2(O)CC1. The fourth-order valence-corrected chi connectivity index (χ4v) is 4.79. The second-order valence-electron chi connectivity index (χ2n) is 9.33. The van der Waals surface area contributed by atoms with Crippen molar-refractivity contribution in [3.63, 3.8) is 0 Å². The maximum absolute atomic E-state index is 11.4. The molecule has 1 aliphatic heterocycles. The van der Waals surface area contributed by atoms with Gasteiger partial charge in [-0.05, 0) is 64.5 Å². The molecule has 0 bridgehead atoms. The molecule has 0 fully saturated rings. The Morgan fingerprint density at radius 1 is 1.20 bits per heavy atom. The van der Waals surface area contributed by atoms with Crippen molar-refractivity contribution >= 4 is 0 Å². The molecular formula is C24H35NO5. The predicted molar refractivity (Wildman–Crippen MR) is 116 cm³/mol. The lowest BCUT2D eigenvalue weighted by atomic mass is 9.64. The average molecular weight is 418 g/mol. The first-order chi connectivity index (χ1) is 14.2. The average Bonchev–Trinajstić information content (AvgIpc) is 2.67. The van der Waals surface area contributed by atoms with Crippen LogP contribution in [0.25, 0.3) is 0 Å². The zero-order chi connectivity index (χ0) is 21.8. The van der Waals surface area contributed by atoms with E-state index in [1.54, 1.807) is 0 Å². The van der Waals surface area contributed by atoms with E-state index in [-0.39, 0.29) is 12.5 Å². The summed E-state index contributed by atoms with van der Waals surface area (Å²) in [5, 5.41) is 20.8. The van der Waals surface area contributed by atoms with E-state index in [0.29, 0.717) is 0 Å². The molecule has 6 nitrogen and oxygen atoms in total. The summed E-state index contributed by atoms with van der Waals surface area (Å²) in [6, 6.07) is 6.47. The summed E-state index contributed by atoms with van der Waals surface area (Å²) >= 11 is 0. The molecule has 0 radical (unpaired) electrons. The third-order valence-corrected chi connectivity index (χ3v) is 6.74. The molecule has 0 amide bonds. The zero-order valence-corrected chi connectivity index (χ0v) is 18.5. The molecule has 0 saturated carbocycles.